The molecule has 0 unspecified atom stereocenters. The summed E-state index contributed by atoms with van der Waals surface area (Å²) in [5, 5.41) is 3.38. The molecule has 0 aliphatic heterocycles. The van der Waals surface area contributed by atoms with Crippen LogP contribution in [0, 0.1) is 5.92 Å². The van der Waals surface area contributed by atoms with Gasteiger partial charge in [-0.3, -0.25) is 4.99 Å². The zero-order valence-corrected chi connectivity index (χ0v) is 18.6. The molecule has 1 fully saturated rings. The topological polar surface area (TPSA) is 59.0 Å². The highest BCUT2D eigenvalue weighted by atomic mass is 127. The standard InChI is InChI=1S/C19H32N4O2.HI/c1-4-5-12-25-18-17(7-6-10-21-18)14-22-19(20-2)23(3)11-13-24-15-16-8-9-16;/h6-7,10,16H,4-5,8-9,11-15H2,1-3H3,(H,20,22);1H. The van der Waals surface area contributed by atoms with Crippen molar-refractivity contribution in [2.24, 2.45) is 10.9 Å². The molecule has 1 aromatic heterocycles. The van der Waals surface area contributed by atoms with Crippen LogP contribution in [0.4, 0.5) is 0 Å². The minimum atomic E-state index is 0. The lowest BCUT2D eigenvalue weighted by atomic mass is 10.2. The lowest BCUT2D eigenvalue weighted by molar-refractivity contribution is 0.115. The van der Waals surface area contributed by atoms with Crippen LogP contribution >= 0.6 is 24.0 Å². The first-order valence-corrected chi connectivity index (χ1v) is 9.30. The van der Waals surface area contributed by atoms with Gasteiger partial charge in [-0.25, -0.2) is 4.98 Å². The van der Waals surface area contributed by atoms with Gasteiger partial charge in [-0.15, -0.1) is 24.0 Å². The molecule has 1 aliphatic rings. The molecule has 6 nitrogen and oxygen atoms in total. The highest BCUT2D eigenvalue weighted by molar-refractivity contribution is 14.0. The van der Waals surface area contributed by atoms with Crippen molar-refractivity contribution < 1.29 is 9.47 Å². The number of unbranched alkanes of at least 4 members (excludes halogenated alkanes) is 1. The van der Waals surface area contributed by atoms with Crippen molar-refractivity contribution in [3.8, 4) is 5.88 Å². The van der Waals surface area contributed by atoms with E-state index >= 15 is 0 Å². The maximum atomic E-state index is 5.79. The molecule has 1 aliphatic carbocycles. The first-order chi connectivity index (χ1) is 12.2. The highest BCUT2D eigenvalue weighted by Crippen LogP contribution is 2.28. The van der Waals surface area contributed by atoms with E-state index < -0.39 is 0 Å². The van der Waals surface area contributed by atoms with Crippen LogP contribution < -0.4 is 10.1 Å². The molecular weight excluding hydrogens is 443 g/mol. The molecule has 1 saturated carbocycles. The Hall–Kier alpha value is -1.09. The van der Waals surface area contributed by atoms with E-state index in [1.54, 1.807) is 13.2 Å². The second-order valence-corrected chi connectivity index (χ2v) is 6.51. The number of nitrogens with one attached hydrogen (secondary N) is 1. The summed E-state index contributed by atoms with van der Waals surface area (Å²) >= 11 is 0. The molecule has 0 amide bonds. The average molecular weight is 476 g/mol. The summed E-state index contributed by atoms with van der Waals surface area (Å²) in [5.74, 6) is 2.35. The molecule has 1 N–H and O–H groups in total. The Morgan fingerprint density at radius 1 is 1.38 bits per heavy atom. The second-order valence-electron chi connectivity index (χ2n) is 6.51. The van der Waals surface area contributed by atoms with E-state index in [4.69, 9.17) is 9.47 Å². The largest absolute Gasteiger partial charge is 0.477 e. The lowest BCUT2D eigenvalue weighted by Crippen LogP contribution is -2.40. The third kappa shape index (κ3) is 8.53. The molecule has 1 heterocycles. The van der Waals surface area contributed by atoms with Gasteiger partial charge in [-0.1, -0.05) is 19.4 Å². The van der Waals surface area contributed by atoms with Crippen LogP contribution in [0.2, 0.25) is 0 Å². The Morgan fingerprint density at radius 3 is 2.88 bits per heavy atom. The molecule has 0 radical (unpaired) electrons. The summed E-state index contributed by atoms with van der Waals surface area (Å²) < 4.78 is 11.5. The Kier molecular flexibility index (Phi) is 11.6. The third-order valence-corrected chi connectivity index (χ3v) is 4.22. The van der Waals surface area contributed by atoms with Gasteiger partial charge < -0.3 is 19.7 Å². The van der Waals surface area contributed by atoms with E-state index in [2.05, 4.69) is 27.1 Å². The van der Waals surface area contributed by atoms with Crippen LogP contribution in [0.1, 0.15) is 38.2 Å². The van der Waals surface area contributed by atoms with Gasteiger partial charge in [0, 0.05) is 45.6 Å². The van der Waals surface area contributed by atoms with Gasteiger partial charge in [0.15, 0.2) is 5.96 Å². The van der Waals surface area contributed by atoms with Gasteiger partial charge in [-0.2, -0.15) is 0 Å². The zero-order valence-electron chi connectivity index (χ0n) is 16.2. The number of likely N-dealkylation sites (N-methyl/N-ethyl adjacent to an activating group) is 1. The van der Waals surface area contributed by atoms with E-state index in [1.165, 1.54) is 12.8 Å². The molecular formula is C19H33IN4O2. The molecule has 1 aromatic rings. The first kappa shape index (κ1) is 23.0. The second kappa shape index (κ2) is 13.1. The number of rotatable bonds is 11. The summed E-state index contributed by atoms with van der Waals surface area (Å²) in [4.78, 5) is 10.8. The van der Waals surface area contributed by atoms with Crippen LogP contribution in [0.3, 0.4) is 0 Å². The number of aliphatic imine (C=N–C) groups is 1. The molecule has 0 bridgehead atoms. The Balaban J connectivity index is 0.00000338. The maximum absolute atomic E-state index is 5.79. The van der Waals surface area contributed by atoms with Crippen LogP contribution in [-0.4, -0.2) is 56.3 Å². The summed E-state index contributed by atoms with van der Waals surface area (Å²) in [7, 11) is 3.82. The van der Waals surface area contributed by atoms with Crippen molar-refractivity contribution in [3.05, 3.63) is 23.9 Å². The van der Waals surface area contributed by atoms with E-state index in [-0.39, 0.29) is 24.0 Å². The fourth-order valence-corrected chi connectivity index (χ4v) is 2.40. The van der Waals surface area contributed by atoms with Crippen LogP contribution in [0.25, 0.3) is 0 Å². The van der Waals surface area contributed by atoms with Crippen LogP contribution in [-0.2, 0) is 11.3 Å². The predicted molar refractivity (Wildman–Crippen MR) is 116 cm³/mol. The zero-order chi connectivity index (χ0) is 17.9. The van der Waals surface area contributed by atoms with Crippen LogP contribution in [0.5, 0.6) is 5.88 Å². The number of aromatic nitrogens is 1. The SMILES string of the molecule is CCCCOc1ncccc1CNC(=NC)N(C)CCOCC1CC1.I. The van der Waals surface area contributed by atoms with Crippen molar-refractivity contribution in [2.75, 3.05) is 40.5 Å². The Bertz CT molecular complexity index is 538. The smallest absolute Gasteiger partial charge is 0.218 e. The van der Waals surface area contributed by atoms with Gasteiger partial charge in [0.2, 0.25) is 5.88 Å². The highest BCUT2D eigenvalue weighted by Gasteiger charge is 2.21. The molecule has 0 atom stereocenters. The number of hydrogen-bond donors (Lipinski definition) is 1. The molecule has 0 spiro atoms. The van der Waals surface area contributed by atoms with Gasteiger partial charge >= 0.3 is 0 Å². The number of halogens is 1. The molecule has 0 aromatic carbocycles. The first-order valence-electron chi connectivity index (χ1n) is 9.30. The van der Waals surface area contributed by atoms with Gasteiger partial charge in [0.25, 0.3) is 0 Å². The Labute approximate surface area is 174 Å². The number of hydrogen-bond acceptors (Lipinski definition) is 4. The van der Waals surface area contributed by atoms with Crippen molar-refractivity contribution in [3.63, 3.8) is 0 Å². The quantitative estimate of drug-likeness (QED) is 0.230. The maximum Gasteiger partial charge on any atom is 0.218 e. The van der Waals surface area contributed by atoms with E-state index in [9.17, 15) is 0 Å². The number of guanidine groups is 1. The van der Waals surface area contributed by atoms with Gasteiger partial charge in [0.05, 0.1) is 13.2 Å². The third-order valence-electron chi connectivity index (χ3n) is 4.22. The van der Waals surface area contributed by atoms with E-state index in [0.29, 0.717) is 19.0 Å². The minimum Gasteiger partial charge on any atom is -0.477 e. The predicted octanol–water partition coefficient (Wildman–Crippen LogP) is 3.31. The molecule has 0 saturated heterocycles. The summed E-state index contributed by atoms with van der Waals surface area (Å²) in [6.45, 7) is 5.93. The summed E-state index contributed by atoms with van der Waals surface area (Å²) in [6, 6.07) is 3.97. The molecule has 148 valence electrons. The molecule has 2 rings (SSSR count). The van der Waals surface area contributed by atoms with E-state index in [0.717, 1.165) is 50.0 Å². The van der Waals surface area contributed by atoms with Crippen molar-refractivity contribution in [1.29, 1.82) is 0 Å². The van der Waals surface area contributed by atoms with Crippen molar-refractivity contribution in [1.82, 2.24) is 15.2 Å². The normalized spacial score (nSPS) is 13.9. The molecule has 7 heteroatoms. The van der Waals surface area contributed by atoms with Crippen molar-refractivity contribution >= 4 is 29.9 Å². The Morgan fingerprint density at radius 2 is 2.19 bits per heavy atom. The minimum absolute atomic E-state index is 0. The van der Waals surface area contributed by atoms with Gasteiger partial charge in [0.1, 0.15) is 0 Å². The van der Waals surface area contributed by atoms with Crippen LogP contribution in [0.15, 0.2) is 23.3 Å². The van der Waals surface area contributed by atoms with E-state index in [1.807, 2.05) is 19.2 Å². The summed E-state index contributed by atoms with van der Waals surface area (Å²) in [5.41, 5.74) is 1.04. The summed E-state index contributed by atoms with van der Waals surface area (Å²) in [6.07, 6.45) is 6.57. The fraction of sp³-hybridized carbons (Fsp3) is 0.684. The fourth-order valence-electron chi connectivity index (χ4n) is 2.40. The average Bonchev–Trinajstić information content (AvgIpc) is 3.45. The van der Waals surface area contributed by atoms with Gasteiger partial charge in [-0.05, 0) is 31.2 Å². The lowest BCUT2D eigenvalue weighted by Gasteiger charge is -2.22. The number of ether oxygens (including phenoxy) is 2. The van der Waals surface area contributed by atoms with Crippen molar-refractivity contribution in [2.45, 2.75) is 39.2 Å². The molecule has 26 heavy (non-hydrogen) atoms. The number of pyridine rings is 1. The monoisotopic (exact) mass is 476 g/mol. The number of nitrogens with zero attached hydrogens (tertiary/aromatic N) is 3.